The van der Waals surface area contributed by atoms with Crippen molar-refractivity contribution in [1.29, 1.82) is 0 Å². The van der Waals surface area contributed by atoms with Crippen LogP contribution in [0.2, 0.25) is 0 Å². The molecule has 1 aromatic carbocycles. The van der Waals surface area contributed by atoms with Gasteiger partial charge >= 0.3 is 0 Å². The number of carbonyl (C=O) groups excluding carboxylic acids is 2. The molecule has 1 N–H and O–H groups in total. The lowest BCUT2D eigenvalue weighted by Crippen LogP contribution is -2.36. The molecule has 39 heavy (non-hydrogen) atoms. The van der Waals surface area contributed by atoms with Crippen molar-refractivity contribution in [2.75, 3.05) is 72.0 Å². The summed E-state index contributed by atoms with van der Waals surface area (Å²) in [4.78, 5) is 32.2. The third-order valence-corrected chi connectivity index (χ3v) is 10.3. The Hall–Kier alpha value is -2.35. The van der Waals surface area contributed by atoms with E-state index < -0.39 is 10.0 Å². The standard InChI is InChI=1S/C27H38N4O6S2/c1-4-29-14-11-22-23(19-29)38-26(24(22)27(33)30-12-5-6-13-30)28-25(32)20-7-9-21(10-8-20)39(34,35)31(15-17-36-2)16-18-37-3/h7-10H,4-6,11-19H2,1-3H3,(H,28,32). The summed E-state index contributed by atoms with van der Waals surface area (Å²) >= 11 is 1.47. The molecule has 10 nitrogen and oxygen atoms in total. The van der Waals surface area contributed by atoms with E-state index in [-0.39, 0.29) is 43.0 Å². The van der Waals surface area contributed by atoms with Gasteiger partial charge in [-0.05, 0) is 55.6 Å². The van der Waals surface area contributed by atoms with Gasteiger partial charge in [-0.3, -0.25) is 14.5 Å². The molecule has 2 aromatic rings. The van der Waals surface area contributed by atoms with Crippen LogP contribution in [0.1, 0.15) is 50.9 Å². The van der Waals surface area contributed by atoms with Gasteiger partial charge in [0, 0.05) is 63.9 Å². The maximum Gasteiger partial charge on any atom is 0.257 e. The maximum atomic E-state index is 13.5. The quantitative estimate of drug-likeness (QED) is 0.413. The maximum absolute atomic E-state index is 13.5. The minimum Gasteiger partial charge on any atom is -0.383 e. The van der Waals surface area contributed by atoms with Crippen LogP contribution in [0, 0.1) is 0 Å². The van der Waals surface area contributed by atoms with E-state index in [0.717, 1.165) is 62.4 Å². The van der Waals surface area contributed by atoms with E-state index in [9.17, 15) is 18.0 Å². The van der Waals surface area contributed by atoms with E-state index >= 15 is 0 Å². The van der Waals surface area contributed by atoms with Gasteiger partial charge in [-0.25, -0.2) is 8.42 Å². The second-order valence-corrected chi connectivity index (χ2v) is 12.7. The molecule has 0 aliphatic carbocycles. The topological polar surface area (TPSA) is 108 Å². The van der Waals surface area contributed by atoms with Gasteiger partial charge in [0.05, 0.1) is 23.7 Å². The fourth-order valence-corrected chi connectivity index (χ4v) is 7.65. The zero-order chi connectivity index (χ0) is 28.0. The van der Waals surface area contributed by atoms with Crippen LogP contribution in [0.25, 0.3) is 0 Å². The molecule has 2 amide bonds. The van der Waals surface area contributed by atoms with E-state index in [2.05, 4.69) is 17.1 Å². The first-order valence-electron chi connectivity index (χ1n) is 13.4. The van der Waals surface area contributed by atoms with E-state index in [4.69, 9.17) is 9.47 Å². The molecule has 0 spiro atoms. The second-order valence-electron chi connectivity index (χ2n) is 9.69. The van der Waals surface area contributed by atoms with Crippen LogP contribution in [0.5, 0.6) is 0 Å². The highest BCUT2D eigenvalue weighted by Gasteiger charge is 2.32. The van der Waals surface area contributed by atoms with Crippen molar-refractivity contribution >= 4 is 38.2 Å². The second kappa shape index (κ2) is 13.3. The lowest BCUT2D eigenvalue weighted by Gasteiger charge is -2.26. The Morgan fingerprint density at radius 1 is 1.03 bits per heavy atom. The molecule has 0 bridgehead atoms. The Morgan fingerprint density at radius 2 is 1.67 bits per heavy atom. The minimum absolute atomic E-state index is 0.0149. The molecule has 2 aliphatic heterocycles. The highest BCUT2D eigenvalue weighted by molar-refractivity contribution is 7.89. The third kappa shape index (κ3) is 6.69. The fourth-order valence-electron chi connectivity index (χ4n) is 4.96. The number of carbonyl (C=O) groups is 2. The predicted octanol–water partition coefficient (Wildman–Crippen LogP) is 2.90. The molecule has 0 saturated carbocycles. The van der Waals surface area contributed by atoms with Crippen molar-refractivity contribution in [3.63, 3.8) is 0 Å². The average molecular weight is 579 g/mol. The van der Waals surface area contributed by atoms with Gasteiger partial charge in [-0.15, -0.1) is 11.3 Å². The number of methoxy groups -OCH3 is 2. The van der Waals surface area contributed by atoms with Gasteiger partial charge in [-0.2, -0.15) is 4.31 Å². The van der Waals surface area contributed by atoms with E-state index in [1.807, 2.05) is 4.90 Å². The highest BCUT2D eigenvalue weighted by atomic mass is 32.2. The smallest absolute Gasteiger partial charge is 0.257 e. The number of anilines is 1. The summed E-state index contributed by atoms with van der Waals surface area (Å²) < 4.78 is 37.8. The first-order valence-corrected chi connectivity index (χ1v) is 15.6. The molecular weight excluding hydrogens is 540 g/mol. The zero-order valence-electron chi connectivity index (χ0n) is 22.9. The number of sulfonamides is 1. The summed E-state index contributed by atoms with van der Waals surface area (Å²) in [5.41, 5.74) is 1.98. The molecule has 4 rings (SSSR count). The summed E-state index contributed by atoms with van der Waals surface area (Å²) in [6.45, 7) is 7.06. The number of thiophene rings is 1. The van der Waals surface area contributed by atoms with E-state index in [1.165, 1.54) is 54.1 Å². The zero-order valence-corrected chi connectivity index (χ0v) is 24.5. The predicted molar refractivity (Wildman–Crippen MR) is 151 cm³/mol. The minimum atomic E-state index is -3.80. The number of ether oxygens (including phenoxy) is 2. The molecule has 0 radical (unpaired) electrons. The lowest BCUT2D eigenvalue weighted by atomic mass is 10.0. The molecule has 2 aliphatic rings. The SMILES string of the molecule is CCN1CCc2c(sc(NC(=O)c3ccc(S(=O)(=O)N(CCOC)CCOC)cc3)c2C(=O)N2CCCC2)C1. The molecule has 1 aromatic heterocycles. The third-order valence-electron chi connectivity index (χ3n) is 7.26. The van der Waals surface area contributed by atoms with Crippen molar-refractivity contribution in [1.82, 2.24) is 14.1 Å². The highest BCUT2D eigenvalue weighted by Crippen LogP contribution is 2.38. The number of rotatable bonds is 12. The van der Waals surface area contributed by atoms with Crippen molar-refractivity contribution in [2.45, 2.75) is 37.6 Å². The fraction of sp³-hybridized carbons (Fsp3) is 0.556. The van der Waals surface area contributed by atoms with Crippen molar-refractivity contribution in [2.24, 2.45) is 0 Å². The van der Waals surface area contributed by atoms with Gasteiger partial charge in [0.2, 0.25) is 10.0 Å². The summed E-state index contributed by atoms with van der Waals surface area (Å²) in [6, 6.07) is 5.88. The number of nitrogens with one attached hydrogen (secondary N) is 1. The van der Waals surface area contributed by atoms with Gasteiger partial charge in [0.25, 0.3) is 11.8 Å². The van der Waals surface area contributed by atoms with Crippen LogP contribution in [0.4, 0.5) is 5.00 Å². The van der Waals surface area contributed by atoms with Crippen LogP contribution in [-0.2, 0) is 32.5 Å². The molecule has 1 saturated heterocycles. The molecule has 214 valence electrons. The molecule has 0 atom stereocenters. The van der Waals surface area contributed by atoms with Gasteiger partial charge in [-0.1, -0.05) is 6.92 Å². The lowest BCUT2D eigenvalue weighted by molar-refractivity contribution is 0.0792. The Kier molecular flexibility index (Phi) is 10.1. The van der Waals surface area contributed by atoms with Gasteiger partial charge < -0.3 is 19.7 Å². The number of hydrogen-bond acceptors (Lipinski definition) is 8. The van der Waals surface area contributed by atoms with E-state index in [1.54, 1.807) is 0 Å². The van der Waals surface area contributed by atoms with Crippen LogP contribution in [0.15, 0.2) is 29.2 Å². The number of nitrogens with zero attached hydrogens (tertiary/aromatic N) is 3. The number of likely N-dealkylation sites (N-methyl/N-ethyl adjacent to an activating group) is 1. The number of hydrogen-bond donors (Lipinski definition) is 1. The van der Waals surface area contributed by atoms with Crippen molar-refractivity contribution in [3.8, 4) is 0 Å². The summed E-state index contributed by atoms with van der Waals surface area (Å²) in [6.07, 6.45) is 2.76. The first-order chi connectivity index (χ1) is 18.8. The van der Waals surface area contributed by atoms with Crippen molar-refractivity contribution < 1.29 is 27.5 Å². The number of amides is 2. The normalized spacial score (nSPS) is 16.1. The van der Waals surface area contributed by atoms with Gasteiger partial charge in [0.15, 0.2) is 0 Å². The number of fused-ring (bicyclic) bond motifs is 1. The molecule has 0 unspecified atom stereocenters. The van der Waals surface area contributed by atoms with Crippen LogP contribution in [0.3, 0.4) is 0 Å². The van der Waals surface area contributed by atoms with Gasteiger partial charge in [0.1, 0.15) is 5.00 Å². The first kappa shape index (κ1) is 29.6. The average Bonchev–Trinajstić information content (AvgIpc) is 3.60. The monoisotopic (exact) mass is 578 g/mol. The summed E-state index contributed by atoms with van der Waals surface area (Å²) in [7, 11) is -0.763. The summed E-state index contributed by atoms with van der Waals surface area (Å²) in [5, 5.41) is 3.55. The Morgan fingerprint density at radius 3 is 2.26 bits per heavy atom. The number of likely N-dealkylation sites (tertiary alicyclic amines) is 1. The number of benzene rings is 1. The summed E-state index contributed by atoms with van der Waals surface area (Å²) in [5.74, 6) is -0.394. The molecule has 3 heterocycles. The Balaban J connectivity index is 1.56. The van der Waals surface area contributed by atoms with Crippen LogP contribution in [-0.4, -0.2) is 101 Å². The largest absolute Gasteiger partial charge is 0.383 e. The van der Waals surface area contributed by atoms with Crippen molar-refractivity contribution in [3.05, 3.63) is 45.8 Å². The van der Waals surface area contributed by atoms with Crippen LogP contribution >= 0.6 is 11.3 Å². The Bertz CT molecular complexity index is 1250. The van der Waals surface area contributed by atoms with E-state index in [0.29, 0.717) is 16.1 Å². The molecule has 12 heteroatoms. The molecular formula is C27H38N4O6S2. The Labute approximate surface area is 234 Å². The van der Waals surface area contributed by atoms with Crippen LogP contribution < -0.4 is 5.32 Å². The molecule has 1 fully saturated rings.